The first-order valence-corrected chi connectivity index (χ1v) is 7.69. The molecule has 3 nitrogen and oxygen atoms in total. The van der Waals surface area contributed by atoms with Gasteiger partial charge in [-0.25, -0.2) is 0 Å². The highest BCUT2D eigenvalue weighted by atomic mass is 15.2. The Morgan fingerprint density at radius 2 is 2.21 bits per heavy atom. The van der Waals surface area contributed by atoms with E-state index in [1.807, 2.05) is 17.9 Å². The third-order valence-electron chi connectivity index (χ3n) is 4.52. The topological polar surface area (TPSA) is 29.9 Å². The molecule has 19 heavy (non-hydrogen) atoms. The van der Waals surface area contributed by atoms with E-state index in [-0.39, 0.29) is 0 Å². The van der Waals surface area contributed by atoms with Crippen molar-refractivity contribution in [1.29, 1.82) is 0 Å². The van der Waals surface area contributed by atoms with Crippen molar-refractivity contribution < 1.29 is 0 Å². The summed E-state index contributed by atoms with van der Waals surface area (Å²) in [6.07, 6.45) is 7.16. The van der Waals surface area contributed by atoms with Gasteiger partial charge in [-0.3, -0.25) is 4.68 Å². The van der Waals surface area contributed by atoms with E-state index in [1.165, 1.54) is 25.0 Å². The van der Waals surface area contributed by atoms with Gasteiger partial charge in [0, 0.05) is 25.5 Å². The van der Waals surface area contributed by atoms with Crippen LogP contribution in [0.15, 0.2) is 12.3 Å². The van der Waals surface area contributed by atoms with Gasteiger partial charge in [0.15, 0.2) is 0 Å². The van der Waals surface area contributed by atoms with Crippen LogP contribution in [-0.4, -0.2) is 22.9 Å². The maximum atomic E-state index is 4.26. The number of hydrogen-bond donors (Lipinski definition) is 1. The van der Waals surface area contributed by atoms with Crippen LogP contribution in [0.4, 0.5) is 0 Å². The van der Waals surface area contributed by atoms with Crippen LogP contribution in [0.3, 0.4) is 0 Å². The summed E-state index contributed by atoms with van der Waals surface area (Å²) in [6, 6.07) is 2.15. The summed E-state index contributed by atoms with van der Waals surface area (Å²) in [6.45, 7) is 9.31. The molecular formula is C16H29N3. The maximum absolute atomic E-state index is 4.26. The second-order valence-corrected chi connectivity index (χ2v) is 6.90. The van der Waals surface area contributed by atoms with Crippen molar-refractivity contribution in [2.75, 3.05) is 13.1 Å². The third kappa shape index (κ3) is 4.07. The minimum atomic E-state index is 0.457. The Morgan fingerprint density at radius 1 is 1.47 bits per heavy atom. The number of nitrogens with zero attached hydrogens (tertiary/aromatic N) is 2. The molecule has 1 unspecified atom stereocenters. The summed E-state index contributed by atoms with van der Waals surface area (Å²) in [4.78, 5) is 0. The molecule has 108 valence electrons. The number of aryl methyl sites for hydroxylation is 2. The predicted octanol–water partition coefficient (Wildman–Crippen LogP) is 3.01. The number of aromatic nitrogens is 2. The van der Waals surface area contributed by atoms with Gasteiger partial charge >= 0.3 is 0 Å². The third-order valence-corrected chi connectivity index (χ3v) is 4.52. The summed E-state index contributed by atoms with van der Waals surface area (Å²) in [5.41, 5.74) is 1.81. The van der Waals surface area contributed by atoms with Crippen LogP contribution in [0.5, 0.6) is 0 Å². The van der Waals surface area contributed by atoms with Crippen LogP contribution in [-0.2, 0) is 13.5 Å². The Balaban J connectivity index is 1.86. The predicted molar refractivity (Wildman–Crippen MR) is 80.1 cm³/mol. The molecule has 0 radical (unpaired) electrons. The van der Waals surface area contributed by atoms with Gasteiger partial charge in [0.05, 0.1) is 0 Å². The van der Waals surface area contributed by atoms with E-state index < -0.39 is 0 Å². The fourth-order valence-corrected chi connectivity index (χ4v) is 2.92. The van der Waals surface area contributed by atoms with Crippen LogP contribution >= 0.6 is 0 Å². The Bertz CT molecular complexity index is 392. The molecule has 1 fully saturated rings. The fourth-order valence-electron chi connectivity index (χ4n) is 2.92. The van der Waals surface area contributed by atoms with Gasteiger partial charge in [-0.05, 0) is 55.5 Å². The fraction of sp³-hybridized carbons (Fsp3) is 0.812. The van der Waals surface area contributed by atoms with Gasteiger partial charge in [-0.15, -0.1) is 0 Å². The maximum Gasteiger partial charge on any atom is 0.0492 e. The van der Waals surface area contributed by atoms with Crippen molar-refractivity contribution in [3.8, 4) is 0 Å². The number of hydrogen-bond acceptors (Lipinski definition) is 2. The van der Waals surface area contributed by atoms with E-state index in [9.17, 15) is 0 Å². The minimum Gasteiger partial charge on any atom is -0.316 e. The largest absolute Gasteiger partial charge is 0.316 e. The highest BCUT2D eigenvalue weighted by Crippen LogP contribution is 2.47. The first kappa shape index (κ1) is 14.6. The lowest BCUT2D eigenvalue weighted by molar-refractivity contribution is 0.232. The van der Waals surface area contributed by atoms with E-state index in [1.54, 1.807) is 0 Å². The molecule has 1 aliphatic rings. The smallest absolute Gasteiger partial charge is 0.0492 e. The summed E-state index contributed by atoms with van der Waals surface area (Å²) in [5, 5.41) is 7.93. The molecule has 0 aromatic carbocycles. The molecule has 2 rings (SSSR count). The normalized spacial score (nSPS) is 18.8. The van der Waals surface area contributed by atoms with Crippen LogP contribution in [0, 0.1) is 17.3 Å². The second-order valence-electron chi connectivity index (χ2n) is 6.90. The summed E-state index contributed by atoms with van der Waals surface area (Å²) < 4.78 is 2.01. The lowest BCUT2D eigenvalue weighted by Crippen LogP contribution is -2.36. The summed E-state index contributed by atoms with van der Waals surface area (Å²) in [7, 11) is 2.04. The molecule has 1 aliphatic carbocycles. The van der Waals surface area contributed by atoms with Gasteiger partial charge in [-0.1, -0.05) is 20.8 Å². The van der Waals surface area contributed by atoms with E-state index in [4.69, 9.17) is 0 Å². The molecule has 1 N–H and O–H groups in total. The zero-order valence-electron chi connectivity index (χ0n) is 12.9. The number of rotatable bonds is 8. The lowest BCUT2D eigenvalue weighted by atomic mass is 9.79. The molecule has 0 aliphatic heterocycles. The van der Waals surface area contributed by atoms with Gasteiger partial charge in [0.25, 0.3) is 0 Å². The molecule has 1 aromatic heterocycles. The molecule has 0 saturated heterocycles. The summed E-state index contributed by atoms with van der Waals surface area (Å²) in [5.74, 6) is 1.67. The van der Waals surface area contributed by atoms with E-state index in [0.717, 1.165) is 31.3 Å². The molecule has 1 saturated carbocycles. The number of nitrogens with one attached hydrogen (secondary N) is 1. The van der Waals surface area contributed by atoms with Crippen molar-refractivity contribution in [2.24, 2.45) is 24.3 Å². The Labute approximate surface area is 117 Å². The second kappa shape index (κ2) is 6.08. The van der Waals surface area contributed by atoms with E-state index in [2.05, 4.69) is 37.3 Å². The van der Waals surface area contributed by atoms with Gasteiger partial charge in [-0.2, -0.15) is 5.10 Å². The van der Waals surface area contributed by atoms with Gasteiger partial charge < -0.3 is 5.32 Å². The van der Waals surface area contributed by atoms with Crippen LogP contribution < -0.4 is 5.32 Å². The highest BCUT2D eigenvalue weighted by molar-refractivity contribution is 5.02. The van der Waals surface area contributed by atoms with Crippen molar-refractivity contribution in [2.45, 2.75) is 46.5 Å². The quantitative estimate of drug-likeness (QED) is 0.781. The van der Waals surface area contributed by atoms with E-state index >= 15 is 0 Å². The molecule has 3 heteroatoms. The molecule has 0 bridgehead atoms. The Morgan fingerprint density at radius 3 is 2.74 bits per heavy atom. The first-order valence-electron chi connectivity index (χ1n) is 7.69. The SMILES string of the molecule is CC(C)CNCC(C)(CCc1ccnn1C)C1CC1. The highest BCUT2D eigenvalue weighted by Gasteiger charge is 2.40. The molecule has 1 atom stereocenters. The Hall–Kier alpha value is -0.830. The van der Waals surface area contributed by atoms with Crippen molar-refractivity contribution >= 4 is 0 Å². The van der Waals surface area contributed by atoms with Crippen LogP contribution in [0.25, 0.3) is 0 Å². The standard InChI is InChI=1S/C16H29N3/c1-13(2)11-17-12-16(3,14-5-6-14)9-7-15-8-10-18-19(15)4/h8,10,13-14,17H,5-7,9,11-12H2,1-4H3. The Kier molecular flexibility index (Phi) is 4.67. The zero-order chi connectivity index (χ0) is 13.9. The van der Waals surface area contributed by atoms with Crippen LogP contribution in [0.2, 0.25) is 0 Å². The molecule has 1 aromatic rings. The molecular weight excluding hydrogens is 234 g/mol. The van der Waals surface area contributed by atoms with Crippen molar-refractivity contribution in [3.05, 3.63) is 18.0 Å². The van der Waals surface area contributed by atoms with Gasteiger partial charge in [0.2, 0.25) is 0 Å². The lowest BCUT2D eigenvalue weighted by Gasteiger charge is -2.30. The molecule has 1 heterocycles. The van der Waals surface area contributed by atoms with Crippen LogP contribution in [0.1, 0.15) is 45.7 Å². The molecule has 0 amide bonds. The summed E-state index contributed by atoms with van der Waals surface area (Å²) >= 11 is 0. The molecule has 0 spiro atoms. The zero-order valence-corrected chi connectivity index (χ0v) is 12.9. The van der Waals surface area contributed by atoms with Crippen molar-refractivity contribution in [3.63, 3.8) is 0 Å². The average Bonchev–Trinajstić information content (AvgIpc) is 3.11. The van der Waals surface area contributed by atoms with E-state index in [0.29, 0.717) is 5.41 Å². The minimum absolute atomic E-state index is 0.457. The van der Waals surface area contributed by atoms with Crippen molar-refractivity contribution in [1.82, 2.24) is 15.1 Å². The monoisotopic (exact) mass is 263 g/mol. The average molecular weight is 263 g/mol. The first-order chi connectivity index (χ1) is 9.01. The van der Waals surface area contributed by atoms with Gasteiger partial charge in [0.1, 0.15) is 0 Å².